The highest BCUT2D eigenvalue weighted by atomic mass is 19.4. The molecule has 0 radical (unpaired) electrons. The lowest BCUT2D eigenvalue weighted by Gasteiger charge is -2.21. The first kappa shape index (κ1) is 22.7. The highest BCUT2D eigenvalue weighted by Crippen LogP contribution is 2.38. The molecule has 0 N–H and O–H groups in total. The molecule has 170 valence electrons. The smallest absolute Gasteiger partial charge is 0.300 e. The highest BCUT2D eigenvalue weighted by molar-refractivity contribution is 6.56. The molecule has 4 rings (SSSR count). The summed E-state index contributed by atoms with van der Waals surface area (Å²) in [7, 11) is 0. The van der Waals surface area contributed by atoms with Gasteiger partial charge in [0.1, 0.15) is 5.71 Å². The third kappa shape index (κ3) is 4.68. The van der Waals surface area contributed by atoms with Crippen LogP contribution in [0.25, 0.3) is 0 Å². The monoisotopic (exact) mass is 451 g/mol. The van der Waals surface area contributed by atoms with Crippen LogP contribution in [0.1, 0.15) is 30.5 Å². The molecule has 7 heteroatoms. The molecule has 3 aromatic carbocycles. The number of hydrogen-bond donors (Lipinski definition) is 0. The molecule has 0 bridgehead atoms. The molecule has 33 heavy (non-hydrogen) atoms. The van der Waals surface area contributed by atoms with Crippen LogP contribution in [0.5, 0.6) is 0 Å². The zero-order chi connectivity index (χ0) is 23.6. The van der Waals surface area contributed by atoms with Crippen molar-refractivity contribution in [2.24, 2.45) is 4.99 Å². The normalized spacial score (nSPS) is 14.9. The average Bonchev–Trinajstić information content (AvgIpc) is 3.08. The molecular formula is C26H24F3N3O. The predicted octanol–water partition coefficient (Wildman–Crippen LogP) is 6.35. The number of hydrogen-bond acceptors (Lipinski definition) is 3. The summed E-state index contributed by atoms with van der Waals surface area (Å²) in [5, 5.41) is 0. The minimum atomic E-state index is -4.48. The summed E-state index contributed by atoms with van der Waals surface area (Å²) < 4.78 is 39.4. The summed E-state index contributed by atoms with van der Waals surface area (Å²) in [6.45, 7) is 6.80. The summed E-state index contributed by atoms with van der Waals surface area (Å²) in [4.78, 5) is 21.7. The maximum atomic E-state index is 13.5. The van der Waals surface area contributed by atoms with E-state index in [1.54, 1.807) is 17.0 Å². The number of nitrogens with zero attached hydrogens (tertiary/aromatic N) is 3. The van der Waals surface area contributed by atoms with Gasteiger partial charge in [0.25, 0.3) is 5.91 Å². The molecule has 0 saturated carbocycles. The van der Waals surface area contributed by atoms with Crippen LogP contribution >= 0.6 is 0 Å². The Morgan fingerprint density at radius 3 is 2.36 bits per heavy atom. The van der Waals surface area contributed by atoms with Crippen LogP contribution in [0, 0.1) is 0 Å². The minimum Gasteiger partial charge on any atom is -0.300 e. The molecule has 1 heterocycles. The van der Waals surface area contributed by atoms with Gasteiger partial charge >= 0.3 is 6.18 Å². The molecule has 1 aliphatic rings. The Bertz CT molecular complexity index is 1200. The maximum absolute atomic E-state index is 13.5. The van der Waals surface area contributed by atoms with Gasteiger partial charge in [0.05, 0.1) is 16.9 Å². The van der Waals surface area contributed by atoms with Gasteiger partial charge in [-0.15, -0.1) is 0 Å². The Kier molecular flexibility index (Phi) is 6.33. The number of alkyl halides is 3. The van der Waals surface area contributed by atoms with Crippen molar-refractivity contribution >= 4 is 28.7 Å². The summed E-state index contributed by atoms with van der Waals surface area (Å²) in [5.41, 5.74) is 2.43. The van der Waals surface area contributed by atoms with Crippen LogP contribution in [-0.2, 0) is 17.5 Å². The number of carbonyl (C=O) groups is 1. The second kappa shape index (κ2) is 9.19. The van der Waals surface area contributed by atoms with Crippen molar-refractivity contribution in [3.63, 3.8) is 0 Å². The second-order valence-corrected chi connectivity index (χ2v) is 7.80. The first-order valence-electron chi connectivity index (χ1n) is 10.8. The molecule has 1 amide bonds. The van der Waals surface area contributed by atoms with E-state index in [-0.39, 0.29) is 17.3 Å². The third-order valence-electron chi connectivity index (χ3n) is 5.69. The molecule has 3 aromatic rings. The fourth-order valence-corrected chi connectivity index (χ4v) is 3.94. The van der Waals surface area contributed by atoms with Crippen LogP contribution in [0.2, 0.25) is 0 Å². The van der Waals surface area contributed by atoms with E-state index in [2.05, 4.69) is 23.7 Å². The molecule has 1 aliphatic heterocycles. The van der Waals surface area contributed by atoms with Crippen LogP contribution in [0.15, 0.2) is 77.8 Å². The Morgan fingerprint density at radius 2 is 1.64 bits per heavy atom. The molecule has 0 fully saturated rings. The maximum Gasteiger partial charge on any atom is 0.416 e. The summed E-state index contributed by atoms with van der Waals surface area (Å²) in [6.07, 6.45) is -4.48. The first-order valence-corrected chi connectivity index (χ1v) is 10.8. The standard InChI is InChI=1S/C26H24F3N3O/c1-3-31(4-2)17-18-9-7-12-21(15-18)32-23-14-6-5-13-22(23)24(25(32)33)30-20-11-8-10-19(16-20)26(27,28)29/h5-16H,3-4,17H2,1-2H3. The van der Waals surface area contributed by atoms with E-state index >= 15 is 0 Å². The average molecular weight is 451 g/mol. The van der Waals surface area contributed by atoms with Gasteiger partial charge in [-0.2, -0.15) is 13.2 Å². The Labute approximate surface area is 191 Å². The SMILES string of the molecule is CCN(CC)Cc1cccc(N2C(=O)C(=Nc3cccc(C(F)(F)F)c3)c3ccccc32)c1. The van der Waals surface area contributed by atoms with Crippen LogP contribution < -0.4 is 4.90 Å². The first-order chi connectivity index (χ1) is 15.8. The molecule has 0 unspecified atom stereocenters. The van der Waals surface area contributed by atoms with E-state index in [0.717, 1.165) is 37.3 Å². The van der Waals surface area contributed by atoms with E-state index in [1.807, 2.05) is 36.4 Å². The van der Waals surface area contributed by atoms with Gasteiger partial charge in [0.2, 0.25) is 0 Å². The van der Waals surface area contributed by atoms with E-state index in [4.69, 9.17) is 0 Å². The molecule has 0 atom stereocenters. The summed E-state index contributed by atoms with van der Waals surface area (Å²) in [5.74, 6) is -0.367. The highest BCUT2D eigenvalue weighted by Gasteiger charge is 2.35. The third-order valence-corrected chi connectivity index (χ3v) is 5.69. The van der Waals surface area contributed by atoms with Crippen molar-refractivity contribution in [3.8, 4) is 0 Å². The van der Waals surface area contributed by atoms with Crippen molar-refractivity contribution in [1.29, 1.82) is 0 Å². The minimum absolute atomic E-state index is 0.0834. The van der Waals surface area contributed by atoms with Gasteiger partial charge in [0.15, 0.2) is 0 Å². The zero-order valence-corrected chi connectivity index (χ0v) is 18.4. The fraction of sp³-hybridized carbons (Fsp3) is 0.231. The number of rotatable bonds is 6. The lowest BCUT2D eigenvalue weighted by molar-refractivity contribution is -0.137. The number of halogens is 3. The molecular weight excluding hydrogens is 427 g/mol. The lowest BCUT2D eigenvalue weighted by atomic mass is 10.1. The van der Waals surface area contributed by atoms with Crippen LogP contribution in [-0.4, -0.2) is 29.6 Å². The number of anilines is 2. The molecule has 0 spiro atoms. The van der Waals surface area contributed by atoms with Gasteiger partial charge in [-0.05, 0) is 55.1 Å². The Morgan fingerprint density at radius 1 is 0.909 bits per heavy atom. The zero-order valence-electron chi connectivity index (χ0n) is 18.4. The van der Waals surface area contributed by atoms with Crippen molar-refractivity contribution in [2.45, 2.75) is 26.6 Å². The van der Waals surface area contributed by atoms with Crippen molar-refractivity contribution < 1.29 is 18.0 Å². The number of benzene rings is 3. The Hall–Kier alpha value is -3.45. The number of carbonyl (C=O) groups excluding carboxylic acids is 1. The lowest BCUT2D eigenvalue weighted by Crippen LogP contribution is -2.26. The number of aliphatic imine (C=N–C) groups is 1. The van der Waals surface area contributed by atoms with Crippen molar-refractivity contribution in [3.05, 3.63) is 89.5 Å². The van der Waals surface area contributed by atoms with Gasteiger partial charge in [0, 0.05) is 17.8 Å². The van der Waals surface area contributed by atoms with Gasteiger partial charge < -0.3 is 0 Å². The van der Waals surface area contributed by atoms with Gasteiger partial charge in [-0.25, -0.2) is 4.99 Å². The van der Waals surface area contributed by atoms with Crippen LogP contribution in [0.4, 0.5) is 30.2 Å². The fourth-order valence-electron chi connectivity index (χ4n) is 3.94. The van der Waals surface area contributed by atoms with E-state index < -0.39 is 11.7 Å². The molecule has 0 aromatic heterocycles. The number of fused-ring (bicyclic) bond motifs is 1. The summed E-state index contributed by atoms with van der Waals surface area (Å²) >= 11 is 0. The largest absolute Gasteiger partial charge is 0.416 e. The Balaban J connectivity index is 1.74. The number of para-hydroxylation sites is 1. The predicted molar refractivity (Wildman–Crippen MR) is 124 cm³/mol. The van der Waals surface area contributed by atoms with E-state index in [0.29, 0.717) is 16.9 Å². The second-order valence-electron chi connectivity index (χ2n) is 7.80. The number of amides is 1. The summed E-state index contributed by atoms with van der Waals surface area (Å²) in [6, 6.07) is 19.6. The van der Waals surface area contributed by atoms with E-state index in [9.17, 15) is 18.0 Å². The molecule has 4 nitrogen and oxygen atoms in total. The van der Waals surface area contributed by atoms with Crippen molar-refractivity contribution in [2.75, 3.05) is 18.0 Å². The quantitative estimate of drug-likeness (QED) is 0.438. The topological polar surface area (TPSA) is 35.9 Å². The molecule has 0 saturated heterocycles. The van der Waals surface area contributed by atoms with Crippen LogP contribution in [0.3, 0.4) is 0 Å². The van der Waals surface area contributed by atoms with E-state index in [1.165, 1.54) is 12.1 Å². The van der Waals surface area contributed by atoms with Gasteiger partial charge in [-0.1, -0.05) is 50.2 Å². The van der Waals surface area contributed by atoms with Crippen molar-refractivity contribution in [1.82, 2.24) is 4.90 Å². The molecule has 0 aliphatic carbocycles. The van der Waals surface area contributed by atoms with Gasteiger partial charge in [-0.3, -0.25) is 14.6 Å².